The molecule has 1 aromatic heterocycles. The Morgan fingerprint density at radius 3 is 3.20 bits per heavy atom. The van der Waals surface area contributed by atoms with E-state index in [2.05, 4.69) is 31.2 Å². The second-order valence-electron chi connectivity index (χ2n) is 3.37. The van der Waals surface area contributed by atoms with Gasteiger partial charge in [0, 0.05) is 21.1 Å². The summed E-state index contributed by atoms with van der Waals surface area (Å²) in [6.07, 6.45) is 5.58. The summed E-state index contributed by atoms with van der Waals surface area (Å²) in [5.41, 5.74) is 1.79. The first-order valence-corrected chi connectivity index (χ1v) is 5.72. The lowest BCUT2D eigenvalue weighted by Crippen LogP contribution is -2.36. The van der Waals surface area contributed by atoms with Crippen LogP contribution in [0.1, 0.15) is 0 Å². The number of nitrogens with zero attached hydrogens (tertiary/aromatic N) is 1. The van der Waals surface area contributed by atoms with E-state index in [9.17, 15) is 0 Å². The third-order valence-electron chi connectivity index (χ3n) is 2.44. The van der Waals surface area contributed by atoms with Gasteiger partial charge in [0.2, 0.25) is 0 Å². The monoisotopic (exact) mass is 283 g/mol. The fraction of sp³-hybridized carbons (Fsp3) is 0.100. The molecule has 5 heteroatoms. The van der Waals surface area contributed by atoms with E-state index in [0.29, 0.717) is 0 Å². The van der Waals surface area contributed by atoms with Crippen molar-refractivity contribution in [1.82, 2.24) is 15.3 Å². The van der Waals surface area contributed by atoms with Crippen LogP contribution in [-0.4, -0.2) is 15.5 Å². The SMILES string of the molecule is ClC1C=c2c(cc(Br)c3nc[nH]c23)=CN1. The van der Waals surface area contributed by atoms with Gasteiger partial charge in [0.15, 0.2) is 0 Å². The van der Waals surface area contributed by atoms with Gasteiger partial charge in [-0.1, -0.05) is 11.6 Å². The largest absolute Gasteiger partial charge is 0.372 e. The summed E-state index contributed by atoms with van der Waals surface area (Å²) < 4.78 is 0.983. The Morgan fingerprint density at radius 1 is 1.47 bits per heavy atom. The van der Waals surface area contributed by atoms with Gasteiger partial charge in [-0.3, -0.25) is 0 Å². The smallest absolute Gasteiger partial charge is 0.121 e. The normalized spacial score (nSPS) is 18.9. The molecule has 0 fully saturated rings. The zero-order valence-electron chi connectivity index (χ0n) is 7.59. The molecule has 76 valence electrons. The first-order chi connectivity index (χ1) is 7.25. The van der Waals surface area contributed by atoms with Crippen LogP contribution in [0.25, 0.3) is 23.3 Å². The Morgan fingerprint density at radius 2 is 2.33 bits per heavy atom. The van der Waals surface area contributed by atoms with Crippen molar-refractivity contribution in [3.63, 3.8) is 0 Å². The number of aromatic amines is 1. The van der Waals surface area contributed by atoms with E-state index < -0.39 is 0 Å². The van der Waals surface area contributed by atoms with Gasteiger partial charge in [0.05, 0.1) is 11.8 Å². The fourth-order valence-corrected chi connectivity index (χ4v) is 2.51. The molecule has 0 aliphatic carbocycles. The van der Waals surface area contributed by atoms with Crippen LogP contribution >= 0.6 is 27.5 Å². The Kier molecular flexibility index (Phi) is 2.00. The predicted octanol–water partition coefficient (Wildman–Crippen LogP) is 1.01. The summed E-state index contributed by atoms with van der Waals surface area (Å²) in [4.78, 5) is 7.38. The van der Waals surface area contributed by atoms with Gasteiger partial charge >= 0.3 is 0 Å². The third-order valence-corrected chi connectivity index (χ3v) is 3.30. The molecule has 3 rings (SSSR count). The minimum Gasteiger partial charge on any atom is -0.372 e. The van der Waals surface area contributed by atoms with Crippen LogP contribution in [0, 0.1) is 0 Å². The van der Waals surface area contributed by atoms with Gasteiger partial charge in [0.25, 0.3) is 0 Å². The summed E-state index contributed by atoms with van der Waals surface area (Å²) in [7, 11) is 0. The van der Waals surface area contributed by atoms with E-state index in [0.717, 1.165) is 25.9 Å². The minimum absolute atomic E-state index is 0.162. The van der Waals surface area contributed by atoms with Crippen LogP contribution in [0.15, 0.2) is 16.9 Å². The third kappa shape index (κ3) is 1.36. The van der Waals surface area contributed by atoms with E-state index in [1.165, 1.54) is 0 Å². The maximum absolute atomic E-state index is 6.01. The van der Waals surface area contributed by atoms with Crippen molar-refractivity contribution in [3.8, 4) is 0 Å². The summed E-state index contributed by atoms with van der Waals surface area (Å²) in [5.74, 6) is 0. The highest BCUT2D eigenvalue weighted by molar-refractivity contribution is 9.10. The topological polar surface area (TPSA) is 40.7 Å². The lowest BCUT2D eigenvalue weighted by molar-refractivity contribution is 0.982. The van der Waals surface area contributed by atoms with Crippen LogP contribution in [0.5, 0.6) is 0 Å². The summed E-state index contributed by atoms with van der Waals surface area (Å²) >= 11 is 9.50. The van der Waals surface area contributed by atoms with E-state index >= 15 is 0 Å². The quantitative estimate of drug-likeness (QED) is 0.560. The van der Waals surface area contributed by atoms with E-state index in [1.54, 1.807) is 6.33 Å². The summed E-state index contributed by atoms with van der Waals surface area (Å²) in [5, 5.41) is 5.26. The zero-order chi connectivity index (χ0) is 10.4. The van der Waals surface area contributed by atoms with Crippen molar-refractivity contribution < 1.29 is 0 Å². The molecule has 3 nitrogen and oxygen atoms in total. The molecular formula is C10H7BrClN3. The van der Waals surface area contributed by atoms with Gasteiger partial charge in [-0.05, 0) is 28.1 Å². The predicted molar refractivity (Wildman–Crippen MR) is 64.8 cm³/mol. The highest BCUT2D eigenvalue weighted by Gasteiger charge is 2.08. The fourth-order valence-electron chi connectivity index (χ4n) is 1.77. The van der Waals surface area contributed by atoms with Crippen molar-refractivity contribution in [2.75, 3.05) is 0 Å². The lowest BCUT2D eigenvalue weighted by atomic mass is 10.2. The van der Waals surface area contributed by atoms with Gasteiger partial charge in [0.1, 0.15) is 11.0 Å². The van der Waals surface area contributed by atoms with Crippen molar-refractivity contribution >= 4 is 50.8 Å². The van der Waals surface area contributed by atoms with Crippen LogP contribution in [0.2, 0.25) is 0 Å². The summed E-state index contributed by atoms with van der Waals surface area (Å²) in [6.45, 7) is 0. The molecule has 1 aliphatic rings. The Hall–Kier alpha value is -1.00. The van der Waals surface area contributed by atoms with Gasteiger partial charge < -0.3 is 10.3 Å². The molecule has 1 unspecified atom stereocenters. The average Bonchev–Trinajstić information content (AvgIpc) is 2.69. The molecule has 0 saturated carbocycles. The number of hydrogen-bond acceptors (Lipinski definition) is 2. The number of rotatable bonds is 0. The van der Waals surface area contributed by atoms with Gasteiger partial charge in [-0.15, -0.1) is 0 Å². The average molecular weight is 285 g/mol. The number of hydrogen-bond donors (Lipinski definition) is 2. The molecule has 0 spiro atoms. The second-order valence-corrected chi connectivity index (χ2v) is 4.69. The first-order valence-electron chi connectivity index (χ1n) is 4.49. The number of halogens is 2. The van der Waals surface area contributed by atoms with Crippen LogP contribution < -0.4 is 15.8 Å². The van der Waals surface area contributed by atoms with Gasteiger partial charge in [-0.2, -0.15) is 0 Å². The number of aromatic nitrogens is 2. The van der Waals surface area contributed by atoms with Gasteiger partial charge in [-0.25, -0.2) is 4.98 Å². The van der Waals surface area contributed by atoms with Crippen molar-refractivity contribution in [1.29, 1.82) is 0 Å². The van der Waals surface area contributed by atoms with Crippen molar-refractivity contribution in [3.05, 3.63) is 27.3 Å². The molecule has 0 bridgehead atoms. The lowest BCUT2D eigenvalue weighted by Gasteiger charge is -2.09. The molecule has 1 aromatic carbocycles. The molecule has 0 saturated heterocycles. The molecule has 15 heavy (non-hydrogen) atoms. The van der Waals surface area contributed by atoms with Crippen LogP contribution in [0.3, 0.4) is 0 Å². The maximum Gasteiger partial charge on any atom is 0.121 e. The molecule has 0 radical (unpaired) electrons. The Labute approximate surface area is 99.0 Å². The van der Waals surface area contributed by atoms with E-state index in [-0.39, 0.29) is 5.50 Å². The maximum atomic E-state index is 6.01. The number of H-pyrrole nitrogens is 1. The molecule has 2 heterocycles. The van der Waals surface area contributed by atoms with E-state index in [4.69, 9.17) is 11.6 Å². The highest BCUT2D eigenvalue weighted by Crippen LogP contribution is 2.16. The Balaban J connectivity index is 2.57. The second kappa shape index (κ2) is 3.25. The highest BCUT2D eigenvalue weighted by atomic mass is 79.9. The van der Waals surface area contributed by atoms with Crippen molar-refractivity contribution in [2.45, 2.75) is 5.50 Å². The number of alkyl halides is 1. The van der Waals surface area contributed by atoms with E-state index in [1.807, 2.05) is 18.3 Å². The zero-order valence-corrected chi connectivity index (χ0v) is 9.93. The number of nitrogens with one attached hydrogen (secondary N) is 2. The molecule has 1 aliphatic heterocycles. The van der Waals surface area contributed by atoms with Crippen LogP contribution in [0.4, 0.5) is 0 Å². The molecule has 2 aromatic rings. The number of benzene rings is 1. The molecule has 0 amide bonds. The number of imidazole rings is 1. The minimum atomic E-state index is -0.162. The summed E-state index contributed by atoms with van der Waals surface area (Å²) in [6, 6.07) is 2.03. The molecular weight excluding hydrogens is 277 g/mol. The first kappa shape index (κ1) is 9.24. The Bertz CT molecular complexity index is 646. The van der Waals surface area contributed by atoms with Crippen molar-refractivity contribution in [2.24, 2.45) is 0 Å². The number of fused-ring (bicyclic) bond motifs is 3. The van der Waals surface area contributed by atoms with Crippen LogP contribution in [-0.2, 0) is 0 Å². The molecule has 1 atom stereocenters. The standard InChI is InChI=1S/C10H7BrClN3/c11-7-1-5-3-13-8(12)2-6(5)9-10(7)15-4-14-9/h1-4,8,13H,(H,14,15). The molecule has 2 N–H and O–H groups in total.